The molecule has 1 aliphatic rings. The summed E-state index contributed by atoms with van der Waals surface area (Å²) >= 11 is 3.42. The number of halogens is 1. The quantitative estimate of drug-likeness (QED) is 0.606. The van der Waals surface area contributed by atoms with Crippen molar-refractivity contribution in [3.05, 3.63) is 40.6 Å². The maximum absolute atomic E-state index is 10.1. The molecule has 8 nitrogen and oxygen atoms in total. The molecule has 3 atom stereocenters. The normalized spacial score (nSPS) is 23.2. The molecule has 2 aromatic heterocycles. The minimum Gasteiger partial charge on any atom is -0.390 e. The zero-order chi connectivity index (χ0) is 17.4. The number of hydrogen-bond donors (Lipinski definition) is 3. The molecule has 1 aromatic carbocycles. The Morgan fingerprint density at radius 1 is 1.16 bits per heavy atom. The van der Waals surface area contributed by atoms with E-state index in [0.29, 0.717) is 36.4 Å². The number of aromatic nitrogens is 5. The first-order valence-corrected chi connectivity index (χ1v) is 8.83. The third-order valence-corrected chi connectivity index (χ3v) is 5.02. The molecule has 4 rings (SSSR count). The van der Waals surface area contributed by atoms with Gasteiger partial charge in [0, 0.05) is 11.0 Å². The highest BCUT2D eigenvalue weighted by atomic mass is 79.9. The van der Waals surface area contributed by atoms with E-state index in [2.05, 4.69) is 41.5 Å². The van der Waals surface area contributed by atoms with E-state index < -0.39 is 12.2 Å². The van der Waals surface area contributed by atoms with Crippen LogP contribution < -0.4 is 5.32 Å². The van der Waals surface area contributed by atoms with Crippen molar-refractivity contribution < 1.29 is 10.2 Å². The van der Waals surface area contributed by atoms with Gasteiger partial charge in [0.1, 0.15) is 12.4 Å². The molecule has 25 heavy (non-hydrogen) atoms. The molecule has 1 saturated carbocycles. The smallest absolute Gasteiger partial charge is 0.184 e. The summed E-state index contributed by atoms with van der Waals surface area (Å²) < 4.78 is 2.61. The van der Waals surface area contributed by atoms with Crippen LogP contribution in [0.15, 0.2) is 35.1 Å². The number of aliphatic hydroxyl groups excluding tert-OH is 2. The van der Waals surface area contributed by atoms with Gasteiger partial charge in [-0.25, -0.2) is 14.6 Å². The maximum atomic E-state index is 10.1. The summed E-state index contributed by atoms with van der Waals surface area (Å²) in [5.74, 6) is 0.590. The molecule has 0 saturated heterocycles. The minimum absolute atomic E-state index is 0.325. The predicted molar refractivity (Wildman–Crippen MR) is 94.9 cm³/mol. The number of nitrogens with zero attached hydrogens (tertiary/aromatic N) is 5. The van der Waals surface area contributed by atoms with Crippen molar-refractivity contribution in [3.8, 4) is 0 Å². The highest BCUT2D eigenvalue weighted by molar-refractivity contribution is 9.10. The third kappa shape index (κ3) is 3.10. The van der Waals surface area contributed by atoms with Gasteiger partial charge in [-0.1, -0.05) is 33.3 Å². The summed E-state index contributed by atoms with van der Waals surface area (Å²) in [6.07, 6.45) is 1.02. The molecule has 3 N–H and O–H groups in total. The lowest BCUT2D eigenvalue weighted by Crippen LogP contribution is -2.27. The molecule has 130 valence electrons. The predicted octanol–water partition coefficient (Wildman–Crippen LogP) is 1.65. The number of anilines is 1. The molecule has 0 spiro atoms. The Balaban J connectivity index is 1.59. The second-order valence-electron chi connectivity index (χ2n) is 6.11. The van der Waals surface area contributed by atoms with Gasteiger partial charge in [-0.05, 0) is 30.5 Å². The monoisotopic (exact) mass is 404 g/mol. The first kappa shape index (κ1) is 16.4. The Kier molecular flexibility index (Phi) is 4.36. The number of aliphatic hydroxyl groups is 2. The van der Waals surface area contributed by atoms with Crippen LogP contribution in [0.3, 0.4) is 0 Å². The van der Waals surface area contributed by atoms with Gasteiger partial charge in [0.2, 0.25) is 0 Å². The summed E-state index contributed by atoms with van der Waals surface area (Å²) in [5.41, 5.74) is 2.20. The average molecular weight is 405 g/mol. The number of rotatable bonds is 4. The van der Waals surface area contributed by atoms with Gasteiger partial charge in [-0.2, -0.15) is 0 Å². The van der Waals surface area contributed by atoms with Crippen LogP contribution in [-0.2, 0) is 6.54 Å². The van der Waals surface area contributed by atoms with E-state index in [1.165, 1.54) is 6.33 Å². The molecule has 0 radical (unpaired) electrons. The van der Waals surface area contributed by atoms with E-state index in [-0.39, 0.29) is 6.04 Å². The molecule has 1 unspecified atom stereocenters. The van der Waals surface area contributed by atoms with E-state index in [1.54, 1.807) is 4.68 Å². The van der Waals surface area contributed by atoms with E-state index >= 15 is 0 Å². The van der Waals surface area contributed by atoms with Crippen molar-refractivity contribution in [1.29, 1.82) is 0 Å². The highest BCUT2D eigenvalue weighted by Gasteiger charge is 2.36. The Bertz CT molecular complexity index is 884. The second-order valence-corrected chi connectivity index (χ2v) is 7.03. The standard InChI is InChI=1S/C16H17BrN6O2/c17-10-3-1-9(2-4-10)7-18-15-13-16(20-8-19-15)23(22-21-13)11-5-6-12(24)14(11)25/h1-4,8,11-12,14,24-25H,5-7H2,(H,18,19,20)/t11-,12?,14+/m0/s1. The molecule has 0 bridgehead atoms. The van der Waals surface area contributed by atoms with Crippen molar-refractivity contribution in [2.75, 3.05) is 5.32 Å². The van der Waals surface area contributed by atoms with Crippen LogP contribution in [0.1, 0.15) is 24.4 Å². The summed E-state index contributed by atoms with van der Waals surface area (Å²) in [6, 6.07) is 7.67. The second kappa shape index (κ2) is 6.66. The van der Waals surface area contributed by atoms with Crippen molar-refractivity contribution in [3.63, 3.8) is 0 Å². The number of hydrogen-bond acceptors (Lipinski definition) is 7. The minimum atomic E-state index is -0.862. The maximum Gasteiger partial charge on any atom is 0.184 e. The van der Waals surface area contributed by atoms with Crippen LogP contribution in [0, 0.1) is 0 Å². The van der Waals surface area contributed by atoms with Crippen molar-refractivity contribution >= 4 is 32.9 Å². The molecule has 0 aliphatic heterocycles. The summed E-state index contributed by atoms with van der Waals surface area (Å²) in [4.78, 5) is 8.51. The van der Waals surface area contributed by atoms with E-state index in [0.717, 1.165) is 10.0 Å². The van der Waals surface area contributed by atoms with Gasteiger partial charge in [-0.15, -0.1) is 5.10 Å². The molecule has 0 amide bonds. The molecule has 1 fully saturated rings. The number of benzene rings is 1. The lowest BCUT2D eigenvalue weighted by molar-refractivity contribution is 0.0215. The fourth-order valence-corrected chi connectivity index (χ4v) is 3.38. The first-order chi connectivity index (χ1) is 12.1. The average Bonchev–Trinajstić information content (AvgIpc) is 3.19. The fourth-order valence-electron chi connectivity index (χ4n) is 3.11. The SMILES string of the molecule is OC1CC[C@H](n2nnc3c(NCc4ccc(Br)cc4)ncnc32)[C@H]1O. The number of fused-ring (bicyclic) bond motifs is 1. The molecule has 2 heterocycles. The Morgan fingerprint density at radius 3 is 2.68 bits per heavy atom. The van der Waals surface area contributed by atoms with Crippen molar-refractivity contribution in [2.24, 2.45) is 0 Å². The summed E-state index contributed by atoms with van der Waals surface area (Å²) in [7, 11) is 0. The van der Waals surface area contributed by atoms with Crippen LogP contribution >= 0.6 is 15.9 Å². The van der Waals surface area contributed by atoms with E-state index in [1.807, 2.05) is 24.3 Å². The number of nitrogens with one attached hydrogen (secondary N) is 1. The zero-order valence-electron chi connectivity index (χ0n) is 13.2. The van der Waals surface area contributed by atoms with Crippen LogP contribution in [-0.4, -0.2) is 47.4 Å². The first-order valence-electron chi connectivity index (χ1n) is 8.04. The van der Waals surface area contributed by atoms with Crippen LogP contribution in [0.25, 0.3) is 11.2 Å². The zero-order valence-corrected chi connectivity index (χ0v) is 14.8. The van der Waals surface area contributed by atoms with Crippen LogP contribution in [0.4, 0.5) is 5.82 Å². The Morgan fingerprint density at radius 2 is 1.96 bits per heavy atom. The third-order valence-electron chi connectivity index (χ3n) is 4.50. The van der Waals surface area contributed by atoms with Crippen molar-refractivity contribution in [2.45, 2.75) is 37.6 Å². The topological polar surface area (TPSA) is 109 Å². The fraction of sp³-hybridized carbons (Fsp3) is 0.375. The molecule has 1 aliphatic carbocycles. The molecular weight excluding hydrogens is 388 g/mol. The molecule has 3 aromatic rings. The summed E-state index contributed by atoms with van der Waals surface area (Å²) in [6.45, 7) is 0.594. The molecular formula is C16H17BrN6O2. The highest BCUT2D eigenvalue weighted by Crippen LogP contribution is 2.32. The van der Waals surface area contributed by atoms with E-state index in [4.69, 9.17) is 0 Å². The Labute approximate surface area is 152 Å². The Hall–Kier alpha value is -2.10. The van der Waals surface area contributed by atoms with Gasteiger partial charge < -0.3 is 15.5 Å². The van der Waals surface area contributed by atoms with Gasteiger partial charge in [0.25, 0.3) is 0 Å². The molecule has 9 heteroatoms. The van der Waals surface area contributed by atoms with Gasteiger partial charge in [0.15, 0.2) is 17.0 Å². The summed E-state index contributed by atoms with van der Waals surface area (Å²) in [5, 5.41) is 31.5. The van der Waals surface area contributed by atoms with Gasteiger partial charge in [-0.3, -0.25) is 0 Å². The van der Waals surface area contributed by atoms with E-state index in [9.17, 15) is 10.2 Å². The van der Waals surface area contributed by atoms with Gasteiger partial charge in [0.05, 0.1) is 12.1 Å². The van der Waals surface area contributed by atoms with Crippen LogP contribution in [0.5, 0.6) is 0 Å². The van der Waals surface area contributed by atoms with Crippen LogP contribution in [0.2, 0.25) is 0 Å². The van der Waals surface area contributed by atoms with Crippen molar-refractivity contribution in [1.82, 2.24) is 25.0 Å². The largest absolute Gasteiger partial charge is 0.390 e. The lowest BCUT2D eigenvalue weighted by atomic mass is 10.2. The lowest BCUT2D eigenvalue weighted by Gasteiger charge is -2.16. The van der Waals surface area contributed by atoms with Gasteiger partial charge >= 0.3 is 0 Å².